The topological polar surface area (TPSA) is 58.6 Å². The molecule has 1 fully saturated rings. The van der Waals surface area contributed by atoms with Gasteiger partial charge in [0.2, 0.25) is 0 Å². The van der Waals surface area contributed by atoms with Crippen LogP contribution < -0.4 is 5.43 Å². The fraction of sp³-hybridized carbons (Fsp3) is 0.207. The third-order valence-corrected chi connectivity index (χ3v) is 7.16. The Labute approximate surface area is 202 Å². The van der Waals surface area contributed by atoms with Gasteiger partial charge in [-0.3, -0.25) is 9.78 Å². The summed E-state index contributed by atoms with van der Waals surface area (Å²) in [5.41, 5.74) is 5.97. The highest BCUT2D eigenvalue weighted by Crippen LogP contribution is 2.36. The number of hydrogen-bond donors (Lipinski definition) is 1. The van der Waals surface area contributed by atoms with E-state index in [1.165, 1.54) is 25.7 Å². The molecule has 1 aliphatic rings. The molecule has 0 bridgehead atoms. The van der Waals surface area contributed by atoms with Crippen LogP contribution in [0.25, 0.3) is 44.3 Å². The van der Waals surface area contributed by atoms with Gasteiger partial charge in [-0.15, -0.1) is 0 Å². The van der Waals surface area contributed by atoms with Crippen LogP contribution in [0.3, 0.4) is 0 Å². The van der Waals surface area contributed by atoms with Gasteiger partial charge >= 0.3 is 0 Å². The standard InChI is InChI=1S/C29H24ClN3O/c30-25-15-21(14-20-11-6-12-31-28(20)25)23-17-24-26(34)16-22(13-18-7-4-5-8-18)32-29(24)33-27(23)19-9-2-1-3-10-19/h1-3,6,9-12,14-18H,4-5,7-8,13H2,(H,32,33,34). The molecule has 168 valence electrons. The van der Waals surface area contributed by atoms with E-state index in [0.717, 1.165) is 45.4 Å². The summed E-state index contributed by atoms with van der Waals surface area (Å²) >= 11 is 6.61. The molecule has 0 radical (unpaired) electrons. The van der Waals surface area contributed by atoms with Gasteiger partial charge in [-0.2, -0.15) is 0 Å². The molecule has 34 heavy (non-hydrogen) atoms. The maximum absolute atomic E-state index is 13.2. The number of benzene rings is 2. The van der Waals surface area contributed by atoms with Crippen molar-refractivity contribution < 1.29 is 0 Å². The summed E-state index contributed by atoms with van der Waals surface area (Å²) in [4.78, 5) is 26.1. The molecular formula is C29H24ClN3O. The molecule has 5 aromatic rings. The number of rotatable bonds is 4. The molecule has 0 saturated heterocycles. The van der Waals surface area contributed by atoms with E-state index in [1.807, 2.05) is 54.6 Å². The number of nitrogens with zero attached hydrogens (tertiary/aromatic N) is 2. The molecule has 0 spiro atoms. The lowest BCUT2D eigenvalue weighted by Crippen LogP contribution is -2.10. The normalized spacial score (nSPS) is 14.3. The molecule has 1 aliphatic carbocycles. The molecule has 0 atom stereocenters. The summed E-state index contributed by atoms with van der Waals surface area (Å²) < 4.78 is 0. The Morgan fingerprint density at radius 3 is 2.59 bits per heavy atom. The average molecular weight is 466 g/mol. The fourth-order valence-corrected chi connectivity index (χ4v) is 5.47. The minimum atomic E-state index is 0.00339. The van der Waals surface area contributed by atoms with Crippen LogP contribution >= 0.6 is 11.6 Å². The van der Waals surface area contributed by atoms with Gasteiger partial charge < -0.3 is 4.98 Å². The molecule has 3 aromatic heterocycles. The summed E-state index contributed by atoms with van der Waals surface area (Å²) in [5, 5.41) is 2.12. The van der Waals surface area contributed by atoms with Gasteiger partial charge in [0.25, 0.3) is 0 Å². The Hall–Kier alpha value is -3.50. The SMILES string of the molecule is O=c1cc(CC2CCCC2)[nH]c2nc(-c3ccccc3)c(-c3cc(Cl)c4ncccc4c3)cc12. The van der Waals surface area contributed by atoms with Gasteiger partial charge in [-0.1, -0.05) is 73.7 Å². The summed E-state index contributed by atoms with van der Waals surface area (Å²) in [6.07, 6.45) is 7.68. The number of fused-ring (bicyclic) bond motifs is 2. The minimum absolute atomic E-state index is 0.00339. The lowest BCUT2D eigenvalue weighted by atomic mass is 9.96. The number of aromatic amines is 1. The van der Waals surface area contributed by atoms with Crippen LogP contribution in [0.4, 0.5) is 0 Å². The predicted molar refractivity (Wildman–Crippen MR) is 139 cm³/mol. The quantitative estimate of drug-likeness (QED) is 0.305. The van der Waals surface area contributed by atoms with E-state index < -0.39 is 0 Å². The highest BCUT2D eigenvalue weighted by molar-refractivity contribution is 6.35. The molecule has 1 saturated carbocycles. The lowest BCUT2D eigenvalue weighted by Gasteiger charge is -2.14. The van der Waals surface area contributed by atoms with Crippen molar-refractivity contribution in [2.24, 2.45) is 5.92 Å². The van der Waals surface area contributed by atoms with E-state index in [0.29, 0.717) is 22.0 Å². The van der Waals surface area contributed by atoms with Crippen LogP contribution in [0.2, 0.25) is 5.02 Å². The molecule has 0 amide bonds. The molecule has 0 aliphatic heterocycles. The second-order valence-corrected chi connectivity index (χ2v) is 9.60. The molecule has 3 heterocycles. The number of hydrogen-bond acceptors (Lipinski definition) is 3. The van der Waals surface area contributed by atoms with Crippen LogP contribution in [-0.2, 0) is 6.42 Å². The Morgan fingerprint density at radius 1 is 0.941 bits per heavy atom. The number of halogens is 1. The third-order valence-electron chi connectivity index (χ3n) is 6.87. The highest BCUT2D eigenvalue weighted by atomic mass is 35.5. The monoisotopic (exact) mass is 465 g/mol. The van der Waals surface area contributed by atoms with Gasteiger partial charge in [0.15, 0.2) is 5.43 Å². The van der Waals surface area contributed by atoms with Crippen LogP contribution in [0.1, 0.15) is 31.4 Å². The zero-order valence-electron chi connectivity index (χ0n) is 18.7. The molecule has 1 N–H and O–H groups in total. The zero-order chi connectivity index (χ0) is 23.1. The second-order valence-electron chi connectivity index (χ2n) is 9.19. The Bertz CT molecular complexity index is 1570. The van der Waals surface area contributed by atoms with Crippen LogP contribution in [-0.4, -0.2) is 15.0 Å². The van der Waals surface area contributed by atoms with Gasteiger partial charge in [0.05, 0.1) is 21.6 Å². The van der Waals surface area contributed by atoms with Crippen LogP contribution in [0.5, 0.6) is 0 Å². The second kappa shape index (κ2) is 8.69. The van der Waals surface area contributed by atoms with Crippen LogP contribution in [0, 0.1) is 5.92 Å². The van der Waals surface area contributed by atoms with Crippen molar-refractivity contribution in [2.45, 2.75) is 32.1 Å². The van der Waals surface area contributed by atoms with Crippen molar-refractivity contribution >= 4 is 33.5 Å². The fourth-order valence-electron chi connectivity index (χ4n) is 5.20. The number of pyridine rings is 3. The number of H-pyrrole nitrogens is 1. The van der Waals surface area contributed by atoms with E-state index in [2.05, 4.69) is 16.0 Å². The van der Waals surface area contributed by atoms with Crippen molar-refractivity contribution in [2.75, 3.05) is 0 Å². The third kappa shape index (κ3) is 3.88. The summed E-state index contributed by atoms with van der Waals surface area (Å²) in [6.45, 7) is 0. The van der Waals surface area contributed by atoms with Gasteiger partial charge in [-0.25, -0.2) is 4.98 Å². The van der Waals surface area contributed by atoms with E-state index in [4.69, 9.17) is 16.6 Å². The zero-order valence-corrected chi connectivity index (χ0v) is 19.5. The summed E-state index contributed by atoms with van der Waals surface area (Å²) in [6, 6.07) is 21.7. The molecule has 5 heteroatoms. The molecule has 0 unspecified atom stereocenters. The lowest BCUT2D eigenvalue weighted by molar-refractivity contribution is 0.540. The first kappa shape index (κ1) is 21.1. The molecule has 4 nitrogen and oxygen atoms in total. The molecular weight excluding hydrogens is 442 g/mol. The predicted octanol–water partition coefficient (Wildman–Crippen LogP) is 7.19. The van der Waals surface area contributed by atoms with E-state index in [9.17, 15) is 4.79 Å². The average Bonchev–Trinajstić information content (AvgIpc) is 3.37. The summed E-state index contributed by atoms with van der Waals surface area (Å²) in [7, 11) is 0. The molecule has 2 aromatic carbocycles. The first-order valence-electron chi connectivity index (χ1n) is 11.8. The smallest absolute Gasteiger partial charge is 0.191 e. The van der Waals surface area contributed by atoms with Crippen molar-refractivity contribution in [3.05, 3.63) is 93.9 Å². The van der Waals surface area contributed by atoms with Crippen molar-refractivity contribution in [3.63, 3.8) is 0 Å². The first-order valence-corrected chi connectivity index (χ1v) is 12.2. The largest absolute Gasteiger partial charge is 0.343 e. The van der Waals surface area contributed by atoms with Crippen molar-refractivity contribution in [1.82, 2.24) is 15.0 Å². The van der Waals surface area contributed by atoms with Gasteiger partial charge in [-0.05, 0) is 42.2 Å². The highest BCUT2D eigenvalue weighted by Gasteiger charge is 2.18. The molecule has 6 rings (SSSR count). The van der Waals surface area contributed by atoms with Crippen molar-refractivity contribution in [3.8, 4) is 22.4 Å². The van der Waals surface area contributed by atoms with E-state index in [1.54, 1.807) is 12.3 Å². The Balaban J connectivity index is 1.57. The number of aromatic nitrogens is 3. The maximum Gasteiger partial charge on any atom is 0.191 e. The Morgan fingerprint density at radius 2 is 1.76 bits per heavy atom. The van der Waals surface area contributed by atoms with Gasteiger partial charge in [0.1, 0.15) is 5.65 Å². The maximum atomic E-state index is 13.2. The first-order chi connectivity index (χ1) is 16.7. The van der Waals surface area contributed by atoms with E-state index >= 15 is 0 Å². The summed E-state index contributed by atoms with van der Waals surface area (Å²) in [5.74, 6) is 0.648. The van der Waals surface area contributed by atoms with E-state index in [-0.39, 0.29) is 5.43 Å². The van der Waals surface area contributed by atoms with Crippen LogP contribution in [0.15, 0.2) is 77.7 Å². The van der Waals surface area contributed by atoms with Crippen molar-refractivity contribution in [1.29, 1.82) is 0 Å². The minimum Gasteiger partial charge on any atom is -0.343 e. The Kier molecular flexibility index (Phi) is 5.39. The van der Waals surface area contributed by atoms with Gasteiger partial charge in [0, 0.05) is 34.5 Å². The number of nitrogens with one attached hydrogen (secondary N) is 1.